The quantitative estimate of drug-likeness (QED) is 0.803. The number of methoxy groups -OCH3 is 1. The summed E-state index contributed by atoms with van der Waals surface area (Å²) >= 11 is 0. The third kappa shape index (κ3) is 4.19. The molecule has 1 aromatic rings. The minimum atomic E-state index is 0.0493. The zero-order valence-electron chi connectivity index (χ0n) is 14.3. The normalized spacial score (nSPS) is 20.6. The summed E-state index contributed by atoms with van der Waals surface area (Å²) in [5.74, 6) is 1.69. The Bertz CT molecular complexity index is 564. The van der Waals surface area contributed by atoms with Crippen LogP contribution in [0.3, 0.4) is 0 Å². The highest BCUT2D eigenvalue weighted by atomic mass is 16.5. The Morgan fingerprint density at radius 2 is 2.12 bits per heavy atom. The molecular formula is C18H26N2O4. The Hall–Kier alpha value is -1.79. The molecule has 2 aliphatic heterocycles. The number of ether oxygens (including phenoxy) is 3. The van der Waals surface area contributed by atoms with Gasteiger partial charge in [-0.3, -0.25) is 9.69 Å². The first-order valence-electron chi connectivity index (χ1n) is 8.67. The standard InChI is InChI=1S/C18H26N2O4/c1-22-11-7-19-18(21)13-20-8-2-4-15(20)14-5-6-16-17(12-14)24-10-3-9-23-16/h5-6,12,15H,2-4,7-11,13H2,1H3,(H,19,21). The van der Waals surface area contributed by atoms with E-state index in [1.54, 1.807) is 7.11 Å². The molecule has 2 aliphatic rings. The Kier molecular flexibility index (Phi) is 5.93. The third-order valence-electron chi connectivity index (χ3n) is 4.50. The monoisotopic (exact) mass is 334 g/mol. The molecule has 6 heteroatoms. The van der Waals surface area contributed by atoms with Crippen molar-refractivity contribution >= 4 is 5.91 Å². The molecule has 1 unspecified atom stereocenters. The molecule has 1 fully saturated rings. The summed E-state index contributed by atoms with van der Waals surface area (Å²) < 4.78 is 16.5. The van der Waals surface area contributed by atoms with Crippen LogP contribution in [0.1, 0.15) is 30.9 Å². The number of nitrogens with one attached hydrogen (secondary N) is 1. The number of nitrogens with zero attached hydrogens (tertiary/aromatic N) is 1. The van der Waals surface area contributed by atoms with Crippen molar-refractivity contribution in [1.29, 1.82) is 0 Å². The maximum Gasteiger partial charge on any atom is 0.234 e. The van der Waals surface area contributed by atoms with Gasteiger partial charge in [-0.25, -0.2) is 0 Å². The number of amides is 1. The van der Waals surface area contributed by atoms with E-state index in [1.165, 1.54) is 5.56 Å². The Morgan fingerprint density at radius 1 is 1.29 bits per heavy atom. The lowest BCUT2D eigenvalue weighted by Crippen LogP contribution is -2.38. The van der Waals surface area contributed by atoms with Crippen molar-refractivity contribution in [3.05, 3.63) is 23.8 Å². The van der Waals surface area contributed by atoms with Crippen molar-refractivity contribution in [2.75, 3.05) is 46.6 Å². The average molecular weight is 334 g/mol. The molecule has 1 N–H and O–H groups in total. The van der Waals surface area contributed by atoms with Crippen LogP contribution in [0, 0.1) is 0 Å². The molecule has 2 heterocycles. The number of likely N-dealkylation sites (tertiary alicyclic amines) is 1. The lowest BCUT2D eigenvalue weighted by atomic mass is 10.0. The van der Waals surface area contributed by atoms with Crippen LogP contribution < -0.4 is 14.8 Å². The van der Waals surface area contributed by atoms with Crippen molar-refractivity contribution in [1.82, 2.24) is 10.2 Å². The number of hydrogen-bond acceptors (Lipinski definition) is 5. The molecule has 3 rings (SSSR count). The van der Waals surface area contributed by atoms with Gasteiger partial charge in [0.05, 0.1) is 26.4 Å². The van der Waals surface area contributed by atoms with Gasteiger partial charge in [-0.2, -0.15) is 0 Å². The second kappa shape index (κ2) is 8.35. The molecule has 24 heavy (non-hydrogen) atoms. The summed E-state index contributed by atoms with van der Waals surface area (Å²) in [5, 5.41) is 2.89. The SMILES string of the molecule is COCCNC(=O)CN1CCCC1c1ccc2c(c1)OCCCO2. The van der Waals surface area contributed by atoms with Gasteiger partial charge in [0.2, 0.25) is 5.91 Å². The molecule has 0 bridgehead atoms. The predicted molar refractivity (Wildman–Crippen MR) is 90.5 cm³/mol. The van der Waals surface area contributed by atoms with Crippen LogP contribution in [-0.2, 0) is 9.53 Å². The van der Waals surface area contributed by atoms with E-state index < -0.39 is 0 Å². The second-order valence-corrected chi connectivity index (χ2v) is 6.23. The summed E-state index contributed by atoms with van der Waals surface area (Å²) in [5.41, 5.74) is 1.20. The van der Waals surface area contributed by atoms with Crippen LogP contribution in [0.2, 0.25) is 0 Å². The highest BCUT2D eigenvalue weighted by Crippen LogP contribution is 2.37. The van der Waals surface area contributed by atoms with E-state index in [4.69, 9.17) is 14.2 Å². The fourth-order valence-electron chi connectivity index (χ4n) is 3.31. The van der Waals surface area contributed by atoms with Gasteiger partial charge in [0.1, 0.15) is 0 Å². The lowest BCUT2D eigenvalue weighted by molar-refractivity contribution is -0.122. The largest absolute Gasteiger partial charge is 0.490 e. The van der Waals surface area contributed by atoms with E-state index in [0.717, 1.165) is 37.3 Å². The summed E-state index contributed by atoms with van der Waals surface area (Å²) in [4.78, 5) is 14.3. The predicted octanol–water partition coefficient (Wildman–Crippen LogP) is 1.75. The van der Waals surface area contributed by atoms with Crippen molar-refractivity contribution in [3.8, 4) is 11.5 Å². The highest BCUT2D eigenvalue weighted by molar-refractivity contribution is 5.78. The first-order valence-corrected chi connectivity index (χ1v) is 8.67. The van der Waals surface area contributed by atoms with E-state index in [-0.39, 0.29) is 11.9 Å². The molecule has 6 nitrogen and oxygen atoms in total. The molecule has 1 atom stereocenters. The first kappa shape index (κ1) is 17.0. The van der Waals surface area contributed by atoms with Crippen LogP contribution in [0.5, 0.6) is 11.5 Å². The number of rotatable bonds is 6. The van der Waals surface area contributed by atoms with Crippen LogP contribution in [0.4, 0.5) is 0 Å². The zero-order valence-corrected chi connectivity index (χ0v) is 14.3. The van der Waals surface area contributed by atoms with E-state index in [9.17, 15) is 4.79 Å². The molecule has 132 valence electrons. The van der Waals surface area contributed by atoms with Crippen molar-refractivity contribution in [2.45, 2.75) is 25.3 Å². The molecule has 0 aliphatic carbocycles. The van der Waals surface area contributed by atoms with Crippen LogP contribution in [0.25, 0.3) is 0 Å². The van der Waals surface area contributed by atoms with Gasteiger partial charge in [-0.15, -0.1) is 0 Å². The maximum absolute atomic E-state index is 12.1. The van der Waals surface area contributed by atoms with E-state index >= 15 is 0 Å². The summed E-state index contributed by atoms with van der Waals surface area (Å²) in [6.07, 6.45) is 3.07. The van der Waals surface area contributed by atoms with Crippen molar-refractivity contribution in [3.63, 3.8) is 0 Å². The Balaban J connectivity index is 1.64. The van der Waals surface area contributed by atoms with Gasteiger partial charge in [0.15, 0.2) is 11.5 Å². The number of carbonyl (C=O) groups is 1. The molecule has 0 aromatic heterocycles. The summed E-state index contributed by atoms with van der Waals surface area (Å²) in [6, 6.07) is 6.42. The Labute approximate surface area is 143 Å². The van der Waals surface area contributed by atoms with Crippen LogP contribution in [0.15, 0.2) is 18.2 Å². The third-order valence-corrected chi connectivity index (χ3v) is 4.50. The number of carbonyl (C=O) groups excluding carboxylic acids is 1. The Morgan fingerprint density at radius 3 is 2.96 bits per heavy atom. The van der Waals surface area contributed by atoms with Gasteiger partial charge in [-0.05, 0) is 37.1 Å². The second-order valence-electron chi connectivity index (χ2n) is 6.23. The fourth-order valence-corrected chi connectivity index (χ4v) is 3.31. The molecular weight excluding hydrogens is 308 g/mol. The van der Waals surface area contributed by atoms with Crippen molar-refractivity contribution < 1.29 is 19.0 Å². The van der Waals surface area contributed by atoms with Gasteiger partial charge < -0.3 is 19.5 Å². The van der Waals surface area contributed by atoms with Crippen LogP contribution >= 0.6 is 0 Å². The van der Waals surface area contributed by atoms with E-state index in [0.29, 0.717) is 32.9 Å². The lowest BCUT2D eigenvalue weighted by Gasteiger charge is -2.25. The maximum atomic E-state index is 12.1. The molecule has 1 saturated heterocycles. The van der Waals surface area contributed by atoms with Crippen molar-refractivity contribution in [2.24, 2.45) is 0 Å². The zero-order chi connectivity index (χ0) is 16.8. The minimum absolute atomic E-state index is 0.0493. The van der Waals surface area contributed by atoms with Crippen LogP contribution in [-0.4, -0.2) is 57.4 Å². The van der Waals surface area contributed by atoms with Gasteiger partial charge >= 0.3 is 0 Å². The van der Waals surface area contributed by atoms with Gasteiger partial charge in [0.25, 0.3) is 0 Å². The smallest absolute Gasteiger partial charge is 0.234 e. The molecule has 1 amide bonds. The number of hydrogen-bond donors (Lipinski definition) is 1. The summed E-state index contributed by atoms with van der Waals surface area (Å²) in [7, 11) is 1.63. The van der Waals surface area contributed by atoms with E-state index in [1.807, 2.05) is 6.07 Å². The molecule has 0 saturated carbocycles. The fraction of sp³-hybridized carbons (Fsp3) is 0.611. The molecule has 0 spiro atoms. The number of fused-ring (bicyclic) bond motifs is 1. The first-order chi connectivity index (χ1) is 11.8. The molecule has 1 aromatic carbocycles. The average Bonchev–Trinajstić information content (AvgIpc) is 2.90. The van der Waals surface area contributed by atoms with Gasteiger partial charge in [0, 0.05) is 26.1 Å². The number of benzene rings is 1. The minimum Gasteiger partial charge on any atom is -0.490 e. The summed E-state index contributed by atoms with van der Waals surface area (Å²) in [6.45, 7) is 3.84. The van der Waals surface area contributed by atoms with Gasteiger partial charge in [-0.1, -0.05) is 6.07 Å². The topological polar surface area (TPSA) is 60.0 Å². The van der Waals surface area contributed by atoms with E-state index in [2.05, 4.69) is 22.3 Å². The highest BCUT2D eigenvalue weighted by Gasteiger charge is 2.28. The molecule has 0 radical (unpaired) electrons.